The van der Waals surface area contributed by atoms with Crippen molar-refractivity contribution < 1.29 is 19.4 Å². The molecule has 0 aliphatic carbocycles. The van der Waals surface area contributed by atoms with Gasteiger partial charge in [-0.3, -0.25) is 4.79 Å². The molecule has 0 aliphatic rings. The van der Waals surface area contributed by atoms with Gasteiger partial charge in [0.1, 0.15) is 5.75 Å². The van der Waals surface area contributed by atoms with E-state index >= 15 is 0 Å². The minimum absolute atomic E-state index is 0.134. The van der Waals surface area contributed by atoms with Crippen LogP contribution < -0.4 is 4.74 Å². The molecule has 0 amide bonds. The standard InChI is InChI=1S/C14H18O4/c1-4-5-12(14(16)17)18-13-8-9(2)6-7-11(13)10(3)15/h6-8,12H,4-5H2,1-3H3,(H,16,17). The SMILES string of the molecule is CCCC(Oc1cc(C)ccc1C(C)=O)C(=O)O. The number of carboxylic acids is 1. The molecule has 1 aromatic carbocycles. The Balaban J connectivity index is 3.03. The minimum atomic E-state index is -1.01. The van der Waals surface area contributed by atoms with Crippen molar-refractivity contribution in [1.29, 1.82) is 0 Å². The molecule has 4 nitrogen and oxygen atoms in total. The lowest BCUT2D eigenvalue weighted by Crippen LogP contribution is -2.27. The molecule has 0 saturated heterocycles. The Bertz CT molecular complexity index is 451. The van der Waals surface area contributed by atoms with Crippen molar-refractivity contribution in [2.24, 2.45) is 0 Å². The number of benzene rings is 1. The van der Waals surface area contributed by atoms with Crippen molar-refractivity contribution in [2.45, 2.75) is 39.7 Å². The zero-order valence-corrected chi connectivity index (χ0v) is 10.9. The van der Waals surface area contributed by atoms with E-state index in [1.165, 1.54) is 6.92 Å². The van der Waals surface area contributed by atoms with E-state index < -0.39 is 12.1 Å². The van der Waals surface area contributed by atoms with E-state index in [1.54, 1.807) is 18.2 Å². The number of hydrogen-bond acceptors (Lipinski definition) is 3. The molecule has 0 saturated carbocycles. The second kappa shape index (κ2) is 6.19. The van der Waals surface area contributed by atoms with Crippen LogP contribution in [0.3, 0.4) is 0 Å². The van der Waals surface area contributed by atoms with Crippen molar-refractivity contribution in [1.82, 2.24) is 0 Å². The average Bonchev–Trinajstić information content (AvgIpc) is 2.28. The summed E-state index contributed by atoms with van der Waals surface area (Å²) in [6, 6.07) is 5.17. The van der Waals surface area contributed by atoms with Gasteiger partial charge in [0.05, 0.1) is 5.56 Å². The van der Waals surface area contributed by atoms with Crippen LogP contribution in [0.5, 0.6) is 5.75 Å². The maximum absolute atomic E-state index is 11.5. The van der Waals surface area contributed by atoms with E-state index in [1.807, 2.05) is 13.8 Å². The summed E-state index contributed by atoms with van der Waals surface area (Å²) >= 11 is 0. The molecule has 1 atom stereocenters. The van der Waals surface area contributed by atoms with Gasteiger partial charge >= 0.3 is 5.97 Å². The third kappa shape index (κ3) is 3.58. The fourth-order valence-electron chi connectivity index (χ4n) is 1.67. The van der Waals surface area contributed by atoms with Gasteiger partial charge in [0.25, 0.3) is 0 Å². The number of ether oxygens (including phenoxy) is 1. The summed E-state index contributed by atoms with van der Waals surface area (Å²) in [6.45, 7) is 5.20. The maximum atomic E-state index is 11.5. The quantitative estimate of drug-likeness (QED) is 0.788. The Morgan fingerprint density at radius 3 is 2.56 bits per heavy atom. The average molecular weight is 250 g/mol. The molecule has 0 heterocycles. The van der Waals surface area contributed by atoms with Crippen LogP contribution in [-0.4, -0.2) is 23.0 Å². The fraction of sp³-hybridized carbons (Fsp3) is 0.429. The lowest BCUT2D eigenvalue weighted by atomic mass is 10.1. The normalized spacial score (nSPS) is 11.9. The summed E-state index contributed by atoms with van der Waals surface area (Å²) in [5, 5.41) is 9.05. The van der Waals surface area contributed by atoms with E-state index in [-0.39, 0.29) is 5.78 Å². The van der Waals surface area contributed by atoms with E-state index in [4.69, 9.17) is 9.84 Å². The zero-order valence-electron chi connectivity index (χ0n) is 10.9. The number of aliphatic carboxylic acids is 1. The lowest BCUT2D eigenvalue weighted by molar-refractivity contribution is -0.145. The molecule has 1 aromatic rings. The molecular formula is C14H18O4. The minimum Gasteiger partial charge on any atom is -0.479 e. The van der Waals surface area contributed by atoms with Crippen LogP contribution >= 0.6 is 0 Å². The van der Waals surface area contributed by atoms with Crippen molar-refractivity contribution in [2.75, 3.05) is 0 Å². The molecule has 0 aliphatic heterocycles. The van der Waals surface area contributed by atoms with Crippen LogP contribution in [0.2, 0.25) is 0 Å². The lowest BCUT2D eigenvalue weighted by Gasteiger charge is -2.16. The summed E-state index contributed by atoms with van der Waals surface area (Å²) in [6.07, 6.45) is 0.216. The molecule has 0 radical (unpaired) electrons. The van der Waals surface area contributed by atoms with E-state index in [2.05, 4.69) is 0 Å². The third-order valence-corrected chi connectivity index (χ3v) is 2.61. The highest BCUT2D eigenvalue weighted by Crippen LogP contribution is 2.23. The number of rotatable bonds is 6. The largest absolute Gasteiger partial charge is 0.479 e. The topological polar surface area (TPSA) is 63.6 Å². The summed E-state index contributed by atoms with van der Waals surface area (Å²) < 4.78 is 5.47. The number of carboxylic acid groups (broad SMARTS) is 1. The van der Waals surface area contributed by atoms with Crippen LogP contribution in [0.25, 0.3) is 0 Å². The first-order valence-corrected chi connectivity index (χ1v) is 5.96. The number of Topliss-reactive ketones (excluding diaryl/α,β-unsaturated/α-hetero) is 1. The second-order valence-corrected chi connectivity index (χ2v) is 4.29. The van der Waals surface area contributed by atoms with Gasteiger partial charge in [0, 0.05) is 0 Å². The second-order valence-electron chi connectivity index (χ2n) is 4.29. The van der Waals surface area contributed by atoms with Gasteiger partial charge in [0.15, 0.2) is 11.9 Å². The van der Waals surface area contributed by atoms with Gasteiger partial charge in [-0.25, -0.2) is 4.79 Å². The van der Waals surface area contributed by atoms with E-state index in [0.717, 1.165) is 5.56 Å². The van der Waals surface area contributed by atoms with Crippen LogP contribution in [0.1, 0.15) is 42.6 Å². The molecule has 98 valence electrons. The number of hydrogen-bond donors (Lipinski definition) is 1. The molecule has 0 fully saturated rings. The highest BCUT2D eigenvalue weighted by molar-refractivity contribution is 5.97. The molecular weight excluding hydrogens is 232 g/mol. The van der Waals surface area contributed by atoms with Crippen LogP contribution in [-0.2, 0) is 4.79 Å². The smallest absolute Gasteiger partial charge is 0.344 e. The first-order chi connectivity index (χ1) is 8.45. The predicted molar refractivity (Wildman–Crippen MR) is 68.1 cm³/mol. The Hall–Kier alpha value is -1.84. The number of aryl methyl sites for hydroxylation is 1. The van der Waals surface area contributed by atoms with Crippen LogP contribution in [0.15, 0.2) is 18.2 Å². The molecule has 1 N–H and O–H groups in total. The maximum Gasteiger partial charge on any atom is 0.344 e. The van der Waals surface area contributed by atoms with Crippen LogP contribution in [0, 0.1) is 6.92 Å². The van der Waals surface area contributed by atoms with Crippen molar-refractivity contribution in [3.05, 3.63) is 29.3 Å². The third-order valence-electron chi connectivity index (χ3n) is 2.61. The van der Waals surface area contributed by atoms with Crippen molar-refractivity contribution in [3.63, 3.8) is 0 Å². The summed E-state index contributed by atoms with van der Waals surface area (Å²) in [5.41, 5.74) is 1.35. The first-order valence-electron chi connectivity index (χ1n) is 5.96. The number of ketones is 1. The Morgan fingerprint density at radius 2 is 2.06 bits per heavy atom. The van der Waals surface area contributed by atoms with Gasteiger partial charge in [-0.05, 0) is 38.0 Å². The van der Waals surface area contributed by atoms with Crippen molar-refractivity contribution >= 4 is 11.8 Å². The molecule has 1 rings (SSSR count). The summed E-state index contributed by atoms with van der Waals surface area (Å²) in [7, 11) is 0. The van der Waals surface area contributed by atoms with Gasteiger partial charge < -0.3 is 9.84 Å². The molecule has 4 heteroatoms. The monoisotopic (exact) mass is 250 g/mol. The molecule has 1 unspecified atom stereocenters. The van der Waals surface area contributed by atoms with E-state index in [0.29, 0.717) is 24.2 Å². The van der Waals surface area contributed by atoms with Gasteiger partial charge in [-0.2, -0.15) is 0 Å². The molecule has 0 spiro atoms. The fourth-order valence-corrected chi connectivity index (χ4v) is 1.67. The van der Waals surface area contributed by atoms with Gasteiger partial charge in [-0.15, -0.1) is 0 Å². The molecule has 18 heavy (non-hydrogen) atoms. The molecule has 0 bridgehead atoms. The summed E-state index contributed by atoms with van der Waals surface area (Å²) in [5.74, 6) is -0.790. The Labute approximate surface area is 107 Å². The number of carbonyl (C=O) groups excluding carboxylic acids is 1. The number of carbonyl (C=O) groups is 2. The van der Waals surface area contributed by atoms with Gasteiger partial charge in [0.2, 0.25) is 0 Å². The predicted octanol–water partition coefficient (Wildman–Crippen LogP) is 2.83. The Morgan fingerprint density at radius 1 is 1.39 bits per heavy atom. The highest BCUT2D eigenvalue weighted by Gasteiger charge is 2.20. The highest BCUT2D eigenvalue weighted by atomic mass is 16.5. The van der Waals surface area contributed by atoms with Gasteiger partial charge in [-0.1, -0.05) is 19.4 Å². The van der Waals surface area contributed by atoms with Crippen molar-refractivity contribution in [3.8, 4) is 5.75 Å². The summed E-state index contributed by atoms with van der Waals surface area (Å²) in [4.78, 5) is 22.5. The van der Waals surface area contributed by atoms with Crippen LogP contribution in [0.4, 0.5) is 0 Å². The first kappa shape index (κ1) is 14.2. The molecule has 0 aromatic heterocycles. The zero-order chi connectivity index (χ0) is 13.7. The van der Waals surface area contributed by atoms with E-state index in [9.17, 15) is 9.59 Å². The Kier molecular flexibility index (Phi) is 4.89.